The molecule has 4 N–H and O–H groups in total. The van der Waals surface area contributed by atoms with Crippen LogP contribution in [-0.2, 0) is 9.59 Å². The number of aliphatic carboxylic acids is 1. The zero-order valence-corrected chi connectivity index (χ0v) is 15.5. The molecule has 0 saturated carbocycles. The summed E-state index contributed by atoms with van der Waals surface area (Å²) in [6.07, 6.45) is -4.25. The van der Waals surface area contributed by atoms with Crippen LogP contribution < -0.4 is 16.7 Å². The Balaban J connectivity index is 0.000000480. The molecular weight excluding hydrogens is 381 g/mol. The number of amides is 1. The van der Waals surface area contributed by atoms with Crippen molar-refractivity contribution in [2.75, 3.05) is 5.32 Å². The third-order valence-corrected chi connectivity index (χ3v) is 4.02. The summed E-state index contributed by atoms with van der Waals surface area (Å²) in [4.78, 5) is 32.4. The van der Waals surface area contributed by atoms with E-state index in [1.165, 1.54) is 6.07 Å². The second kappa shape index (κ2) is 9.36. The molecule has 1 aromatic heterocycles. The number of fused-ring (bicyclic) bond motifs is 1. The fraction of sp³-hybridized carbons (Fsp3) is 0.389. The zero-order chi connectivity index (χ0) is 21.6. The number of benzene rings is 1. The van der Waals surface area contributed by atoms with Crippen molar-refractivity contribution in [1.82, 2.24) is 0 Å². The normalized spacial score (nSPS) is 13.2. The number of nitrogens with one attached hydrogen (secondary N) is 1. The molecule has 28 heavy (non-hydrogen) atoms. The summed E-state index contributed by atoms with van der Waals surface area (Å²) in [5.41, 5.74) is 7.36. The lowest BCUT2D eigenvalue weighted by molar-refractivity contribution is -0.192. The van der Waals surface area contributed by atoms with Crippen molar-refractivity contribution in [3.05, 3.63) is 40.2 Å². The number of anilines is 1. The van der Waals surface area contributed by atoms with E-state index in [2.05, 4.69) is 5.32 Å². The molecule has 0 aliphatic rings. The van der Waals surface area contributed by atoms with Gasteiger partial charge in [0.15, 0.2) is 0 Å². The Bertz CT molecular complexity index is 908. The predicted octanol–water partition coefficient (Wildman–Crippen LogP) is 3.05. The van der Waals surface area contributed by atoms with Gasteiger partial charge in [-0.3, -0.25) is 4.79 Å². The van der Waals surface area contributed by atoms with Crippen molar-refractivity contribution < 1.29 is 32.3 Å². The molecule has 0 spiro atoms. The minimum Gasteiger partial charge on any atom is -0.475 e. The Hall–Kier alpha value is -2.88. The van der Waals surface area contributed by atoms with Crippen LogP contribution in [0.3, 0.4) is 0 Å². The van der Waals surface area contributed by atoms with Crippen LogP contribution in [0.25, 0.3) is 11.0 Å². The van der Waals surface area contributed by atoms with E-state index >= 15 is 0 Å². The van der Waals surface area contributed by atoms with Gasteiger partial charge in [-0.25, -0.2) is 9.59 Å². The first-order valence-corrected chi connectivity index (χ1v) is 8.27. The number of carbonyl (C=O) groups excluding carboxylic acids is 1. The molecule has 0 unspecified atom stereocenters. The van der Waals surface area contributed by atoms with E-state index in [4.69, 9.17) is 20.1 Å². The Morgan fingerprint density at radius 1 is 1.29 bits per heavy atom. The van der Waals surface area contributed by atoms with E-state index in [0.29, 0.717) is 11.3 Å². The van der Waals surface area contributed by atoms with E-state index in [0.717, 1.165) is 17.4 Å². The maximum atomic E-state index is 12.1. The van der Waals surface area contributed by atoms with Gasteiger partial charge in [0, 0.05) is 23.2 Å². The fourth-order valence-electron chi connectivity index (χ4n) is 2.14. The number of carboxylic acids is 1. The third-order valence-electron chi connectivity index (χ3n) is 4.02. The molecule has 2 atom stereocenters. The molecule has 1 amide bonds. The summed E-state index contributed by atoms with van der Waals surface area (Å²) in [6, 6.07) is 6.12. The first-order chi connectivity index (χ1) is 12.9. The van der Waals surface area contributed by atoms with Crippen molar-refractivity contribution in [3.8, 4) is 0 Å². The van der Waals surface area contributed by atoms with Gasteiger partial charge in [-0.1, -0.05) is 20.3 Å². The van der Waals surface area contributed by atoms with Crippen molar-refractivity contribution in [1.29, 1.82) is 0 Å². The quantitative estimate of drug-likeness (QED) is 0.676. The molecule has 0 saturated heterocycles. The monoisotopic (exact) mass is 402 g/mol. The highest BCUT2D eigenvalue weighted by Crippen LogP contribution is 2.21. The first-order valence-electron chi connectivity index (χ1n) is 8.27. The molecule has 0 radical (unpaired) electrons. The number of aryl methyl sites for hydroxylation is 1. The maximum absolute atomic E-state index is 12.1. The zero-order valence-electron chi connectivity index (χ0n) is 15.5. The lowest BCUT2D eigenvalue weighted by Gasteiger charge is -2.17. The van der Waals surface area contributed by atoms with Gasteiger partial charge in [-0.05, 0) is 30.5 Å². The summed E-state index contributed by atoms with van der Waals surface area (Å²) < 4.78 is 36.9. The van der Waals surface area contributed by atoms with E-state index < -0.39 is 23.8 Å². The van der Waals surface area contributed by atoms with Gasteiger partial charge >= 0.3 is 17.8 Å². The second-order valence-electron chi connectivity index (χ2n) is 6.16. The highest BCUT2D eigenvalue weighted by atomic mass is 19.4. The molecule has 0 aliphatic carbocycles. The van der Waals surface area contributed by atoms with Crippen LogP contribution in [0.5, 0.6) is 0 Å². The predicted molar refractivity (Wildman–Crippen MR) is 97.0 cm³/mol. The van der Waals surface area contributed by atoms with Crippen molar-refractivity contribution in [2.24, 2.45) is 11.7 Å². The number of rotatable bonds is 4. The number of hydrogen-bond donors (Lipinski definition) is 3. The summed E-state index contributed by atoms with van der Waals surface area (Å²) in [6.45, 7) is 5.77. The van der Waals surface area contributed by atoms with Crippen LogP contribution in [0.1, 0.15) is 25.8 Å². The number of nitrogens with two attached hydrogens (primary N) is 1. The Labute approximate surface area is 158 Å². The molecule has 0 bridgehead atoms. The van der Waals surface area contributed by atoms with Gasteiger partial charge in [0.05, 0.1) is 6.04 Å². The minimum absolute atomic E-state index is 0.102. The fourth-order valence-corrected chi connectivity index (χ4v) is 2.14. The summed E-state index contributed by atoms with van der Waals surface area (Å²) in [5.74, 6) is -2.89. The lowest BCUT2D eigenvalue weighted by atomic mass is 9.99. The standard InChI is InChI=1S/C16H20N2O3.C2HF3O2/c1-4-9(2)15(17)16(20)18-11-5-6-12-10(3)7-14(19)21-13(12)8-11;3-2(4,5)1(6)7/h5-9,15H,4,17H2,1-3H3,(H,18,20);(H,6,7)/t9-,15+;/m1./s1. The average molecular weight is 402 g/mol. The van der Waals surface area contributed by atoms with Crippen molar-refractivity contribution >= 4 is 28.5 Å². The Kier molecular flexibility index (Phi) is 7.74. The summed E-state index contributed by atoms with van der Waals surface area (Å²) in [7, 11) is 0. The second-order valence-corrected chi connectivity index (χ2v) is 6.16. The van der Waals surface area contributed by atoms with Gasteiger partial charge in [0.1, 0.15) is 5.58 Å². The summed E-state index contributed by atoms with van der Waals surface area (Å²) in [5, 5.41) is 10.7. The van der Waals surface area contributed by atoms with Crippen LogP contribution in [0.15, 0.2) is 33.5 Å². The van der Waals surface area contributed by atoms with Crippen LogP contribution in [-0.4, -0.2) is 29.2 Å². The van der Waals surface area contributed by atoms with E-state index in [1.807, 2.05) is 26.8 Å². The number of hydrogen-bond acceptors (Lipinski definition) is 5. The molecule has 1 heterocycles. The number of alkyl halides is 3. The largest absolute Gasteiger partial charge is 0.490 e. The van der Waals surface area contributed by atoms with Crippen molar-refractivity contribution in [2.45, 2.75) is 39.4 Å². The Morgan fingerprint density at radius 2 is 1.86 bits per heavy atom. The molecule has 7 nitrogen and oxygen atoms in total. The molecule has 0 aliphatic heterocycles. The van der Waals surface area contributed by atoms with Crippen LogP contribution >= 0.6 is 0 Å². The highest BCUT2D eigenvalue weighted by molar-refractivity contribution is 5.96. The molecule has 0 fully saturated rings. The summed E-state index contributed by atoms with van der Waals surface area (Å²) >= 11 is 0. The minimum atomic E-state index is -5.08. The molecule has 154 valence electrons. The lowest BCUT2D eigenvalue weighted by Crippen LogP contribution is -2.40. The molecular formula is C18H21F3N2O5. The van der Waals surface area contributed by atoms with Crippen LogP contribution in [0, 0.1) is 12.8 Å². The van der Waals surface area contributed by atoms with E-state index in [1.54, 1.807) is 12.1 Å². The third kappa shape index (κ3) is 6.38. The number of carboxylic acid groups (broad SMARTS) is 1. The molecule has 2 aromatic rings. The maximum Gasteiger partial charge on any atom is 0.490 e. The van der Waals surface area contributed by atoms with E-state index in [9.17, 15) is 22.8 Å². The topological polar surface area (TPSA) is 123 Å². The number of halogens is 3. The first kappa shape index (κ1) is 23.2. The van der Waals surface area contributed by atoms with Crippen molar-refractivity contribution in [3.63, 3.8) is 0 Å². The van der Waals surface area contributed by atoms with E-state index in [-0.39, 0.29) is 11.8 Å². The smallest absolute Gasteiger partial charge is 0.475 e. The van der Waals surface area contributed by atoms with Gasteiger partial charge in [0.2, 0.25) is 5.91 Å². The molecule has 10 heteroatoms. The highest BCUT2D eigenvalue weighted by Gasteiger charge is 2.38. The van der Waals surface area contributed by atoms with Gasteiger partial charge < -0.3 is 20.6 Å². The van der Waals surface area contributed by atoms with Gasteiger partial charge in [-0.2, -0.15) is 13.2 Å². The average Bonchev–Trinajstić information content (AvgIpc) is 2.59. The number of carbonyl (C=O) groups is 2. The molecule has 2 rings (SSSR count). The van der Waals surface area contributed by atoms with Crippen LogP contribution in [0.4, 0.5) is 18.9 Å². The van der Waals surface area contributed by atoms with Gasteiger partial charge in [0.25, 0.3) is 0 Å². The SMILES string of the molecule is CC[C@@H](C)[C@H](N)C(=O)Nc1ccc2c(C)cc(=O)oc2c1.O=C(O)C(F)(F)F. The molecule has 1 aromatic carbocycles. The van der Waals surface area contributed by atoms with Gasteiger partial charge in [-0.15, -0.1) is 0 Å². The van der Waals surface area contributed by atoms with Crippen LogP contribution in [0.2, 0.25) is 0 Å². The Morgan fingerprint density at radius 3 is 2.36 bits per heavy atom.